The largest absolute Gasteiger partial charge is 0.494 e. The smallest absolute Gasteiger partial charge is 0.119 e. The minimum absolute atomic E-state index is 0.282. The monoisotopic (exact) mass is 273 g/mol. The quantitative estimate of drug-likeness (QED) is 0.831. The van der Waals surface area contributed by atoms with E-state index in [2.05, 4.69) is 12.1 Å². The van der Waals surface area contributed by atoms with Crippen molar-refractivity contribution in [1.82, 2.24) is 0 Å². The van der Waals surface area contributed by atoms with E-state index in [0.717, 1.165) is 43.4 Å². The van der Waals surface area contributed by atoms with Crippen molar-refractivity contribution < 1.29 is 9.84 Å². The SMILES string of the molecule is CC(C)(C#N)CCCOc1ccc2c(c1)[C@@H](O)CCC2. The van der Waals surface area contributed by atoms with Crippen molar-refractivity contribution in [2.24, 2.45) is 5.41 Å². The Hall–Kier alpha value is -1.53. The summed E-state index contributed by atoms with van der Waals surface area (Å²) in [5.41, 5.74) is 1.97. The minimum Gasteiger partial charge on any atom is -0.494 e. The fourth-order valence-electron chi connectivity index (χ4n) is 2.60. The maximum absolute atomic E-state index is 10.0. The normalized spacial score (nSPS) is 18.2. The van der Waals surface area contributed by atoms with Crippen LogP contribution in [-0.2, 0) is 6.42 Å². The lowest BCUT2D eigenvalue weighted by Gasteiger charge is -2.22. The van der Waals surface area contributed by atoms with Crippen LogP contribution in [0.4, 0.5) is 0 Å². The number of rotatable bonds is 5. The van der Waals surface area contributed by atoms with E-state index in [1.54, 1.807) is 0 Å². The number of aryl methyl sites for hydroxylation is 1. The van der Waals surface area contributed by atoms with Gasteiger partial charge in [0.25, 0.3) is 0 Å². The van der Waals surface area contributed by atoms with Crippen molar-refractivity contribution in [2.45, 2.75) is 52.1 Å². The second kappa shape index (κ2) is 6.28. The van der Waals surface area contributed by atoms with Gasteiger partial charge in [-0.3, -0.25) is 0 Å². The van der Waals surface area contributed by atoms with Gasteiger partial charge in [0, 0.05) is 0 Å². The van der Waals surface area contributed by atoms with E-state index in [1.165, 1.54) is 5.56 Å². The maximum atomic E-state index is 10.0. The van der Waals surface area contributed by atoms with E-state index in [0.29, 0.717) is 6.61 Å². The summed E-state index contributed by atoms with van der Waals surface area (Å²) >= 11 is 0. The van der Waals surface area contributed by atoms with Gasteiger partial charge in [0.15, 0.2) is 0 Å². The average molecular weight is 273 g/mol. The van der Waals surface area contributed by atoms with E-state index >= 15 is 0 Å². The Labute approximate surface area is 121 Å². The molecule has 1 N–H and O–H groups in total. The summed E-state index contributed by atoms with van der Waals surface area (Å²) in [6.45, 7) is 4.50. The minimum atomic E-state index is -0.347. The lowest BCUT2D eigenvalue weighted by molar-refractivity contribution is 0.156. The average Bonchev–Trinajstić information content (AvgIpc) is 2.44. The highest BCUT2D eigenvalue weighted by molar-refractivity contribution is 5.38. The predicted octanol–water partition coefficient (Wildman–Crippen LogP) is 3.77. The number of nitriles is 1. The second-order valence-electron chi connectivity index (χ2n) is 6.22. The van der Waals surface area contributed by atoms with E-state index < -0.39 is 0 Å². The first-order chi connectivity index (χ1) is 9.52. The van der Waals surface area contributed by atoms with Crippen LogP contribution < -0.4 is 4.74 Å². The second-order valence-corrected chi connectivity index (χ2v) is 6.22. The number of ether oxygens (including phenoxy) is 1. The van der Waals surface area contributed by atoms with Crippen LogP contribution in [0.3, 0.4) is 0 Å². The Morgan fingerprint density at radius 1 is 1.45 bits per heavy atom. The number of benzene rings is 1. The number of hydrogen-bond donors (Lipinski definition) is 1. The van der Waals surface area contributed by atoms with Crippen LogP contribution in [0.25, 0.3) is 0 Å². The molecule has 0 aromatic heterocycles. The third kappa shape index (κ3) is 3.74. The zero-order valence-corrected chi connectivity index (χ0v) is 12.4. The zero-order valence-electron chi connectivity index (χ0n) is 12.4. The summed E-state index contributed by atoms with van der Waals surface area (Å²) in [5.74, 6) is 0.819. The third-order valence-electron chi connectivity index (χ3n) is 3.92. The predicted molar refractivity (Wildman–Crippen MR) is 78.5 cm³/mol. The Bertz CT molecular complexity index is 502. The standard InChI is InChI=1S/C17H23NO2/c1-17(2,12-18)9-4-10-20-14-8-7-13-5-3-6-16(19)15(13)11-14/h7-8,11,16,19H,3-6,9-10H2,1-2H3/t16-/m0/s1. The van der Waals surface area contributed by atoms with E-state index in [9.17, 15) is 5.11 Å². The third-order valence-corrected chi connectivity index (χ3v) is 3.92. The Morgan fingerprint density at radius 2 is 2.25 bits per heavy atom. The molecule has 3 heteroatoms. The molecule has 1 aliphatic rings. The number of nitrogens with zero attached hydrogens (tertiary/aromatic N) is 1. The molecular weight excluding hydrogens is 250 g/mol. The van der Waals surface area contributed by atoms with E-state index in [1.807, 2.05) is 26.0 Å². The van der Waals surface area contributed by atoms with Gasteiger partial charge in [0.2, 0.25) is 0 Å². The molecule has 0 heterocycles. The fraction of sp³-hybridized carbons (Fsp3) is 0.588. The molecule has 1 aromatic carbocycles. The van der Waals surface area contributed by atoms with Crippen LogP contribution in [0.5, 0.6) is 5.75 Å². The molecule has 0 unspecified atom stereocenters. The number of aliphatic hydroxyl groups excluding tert-OH is 1. The topological polar surface area (TPSA) is 53.2 Å². The molecule has 1 aromatic rings. The number of hydrogen-bond acceptors (Lipinski definition) is 3. The number of fused-ring (bicyclic) bond motifs is 1. The highest BCUT2D eigenvalue weighted by Gasteiger charge is 2.19. The van der Waals surface area contributed by atoms with Gasteiger partial charge < -0.3 is 9.84 Å². The van der Waals surface area contributed by atoms with E-state index in [-0.39, 0.29) is 11.5 Å². The van der Waals surface area contributed by atoms with Crippen LogP contribution >= 0.6 is 0 Å². The van der Waals surface area contributed by atoms with Gasteiger partial charge in [-0.15, -0.1) is 0 Å². The molecule has 1 atom stereocenters. The summed E-state index contributed by atoms with van der Waals surface area (Å²) in [5, 5.41) is 19.0. The van der Waals surface area contributed by atoms with Crippen LogP contribution in [-0.4, -0.2) is 11.7 Å². The molecule has 0 saturated carbocycles. The van der Waals surface area contributed by atoms with Gasteiger partial charge in [-0.25, -0.2) is 0 Å². The molecule has 3 nitrogen and oxygen atoms in total. The molecule has 1 aliphatic carbocycles. The maximum Gasteiger partial charge on any atom is 0.119 e. The highest BCUT2D eigenvalue weighted by atomic mass is 16.5. The summed E-state index contributed by atoms with van der Waals surface area (Å²) < 4.78 is 5.74. The molecule has 0 saturated heterocycles. The van der Waals surface area contributed by atoms with Gasteiger partial charge in [-0.2, -0.15) is 5.26 Å². The summed E-state index contributed by atoms with van der Waals surface area (Å²) in [7, 11) is 0. The molecular formula is C17H23NO2. The first kappa shape index (κ1) is 14.9. The molecule has 2 rings (SSSR count). The summed E-state index contributed by atoms with van der Waals surface area (Å²) in [6.07, 6.45) is 4.28. The highest BCUT2D eigenvalue weighted by Crippen LogP contribution is 2.32. The molecule has 108 valence electrons. The van der Waals surface area contributed by atoms with Crippen LogP contribution in [0.2, 0.25) is 0 Å². The van der Waals surface area contributed by atoms with Crippen LogP contribution in [0.1, 0.15) is 56.8 Å². The first-order valence-electron chi connectivity index (χ1n) is 7.37. The van der Waals surface area contributed by atoms with Gasteiger partial charge in [0.05, 0.1) is 24.2 Å². The molecule has 0 radical (unpaired) electrons. The summed E-state index contributed by atoms with van der Waals surface area (Å²) in [4.78, 5) is 0. The lowest BCUT2D eigenvalue weighted by atomic mass is 9.89. The summed E-state index contributed by atoms with van der Waals surface area (Å²) in [6, 6.07) is 8.31. The molecule has 20 heavy (non-hydrogen) atoms. The molecule has 0 fully saturated rings. The van der Waals surface area contributed by atoms with Crippen molar-refractivity contribution in [1.29, 1.82) is 5.26 Å². The molecule has 0 amide bonds. The Kier molecular flexibility index (Phi) is 4.67. The lowest BCUT2D eigenvalue weighted by Crippen LogP contribution is -2.11. The van der Waals surface area contributed by atoms with Crippen molar-refractivity contribution in [3.8, 4) is 11.8 Å². The van der Waals surface area contributed by atoms with Gasteiger partial charge in [0.1, 0.15) is 5.75 Å². The van der Waals surface area contributed by atoms with Crippen LogP contribution in [0, 0.1) is 16.7 Å². The molecule has 0 bridgehead atoms. The van der Waals surface area contributed by atoms with Crippen molar-refractivity contribution in [3.05, 3.63) is 29.3 Å². The van der Waals surface area contributed by atoms with Crippen LogP contribution in [0.15, 0.2) is 18.2 Å². The Morgan fingerprint density at radius 3 is 3.00 bits per heavy atom. The van der Waals surface area contributed by atoms with Gasteiger partial charge in [-0.05, 0) is 69.2 Å². The Balaban J connectivity index is 1.88. The molecule has 0 spiro atoms. The van der Waals surface area contributed by atoms with E-state index in [4.69, 9.17) is 10.00 Å². The van der Waals surface area contributed by atoms with Crippen molar-refractivity contribution >= 4 is 0 Å². The molecule has 0 aliphatic heterocycles. The van der Waals surface area contributed by atoms with Gasteiger partial charge >= 0.3 is 0 Å². The zero-order chi connectivity index (χ0) is 14.6. The van der Waals surface area contributed by atoms with Gasteiger partial charge in [-0.1, -0.05) is 6.07 Å². The fourth-order valence-corrected chi connectivity index (χ4v) is 2.60. The van der Waals surface area contributed by atoms with Crippen molar-refractivity contribution in [2.75, 3.05) is 6.61 Å². The van der Waals surface area contributed by atoms with Crippen molar-refractivity contribution in [3.63, 3.8) is 0 Å². The first-order valence-corrected chi connectivity index (χ1v) is 7.37. The number of aliphatic hydroxyl groups is 1.